The smallest absolute Gasteiger partial charge is 0.0494 e. The summed E-state index contributed by atoms with van der Waals surface area (Å²) < 4.78 is 0. The van der Waals surface area contributed by atoms with Crippen LogP contribution in [0.5, 0.6) is 0 Å². The van der Waals surface area contributed by atoms with Crippen LogP contribution in [-0.4, -0.2) is 36.2 Å². The monoisotopic (exact) mass is 185 g/mol. The van der Waals surface area contributed by atoms with Crippen LogP contribution in [0.25, 0.3) is 0 Å². The molecule has 0 radical (unpaired) electrons. The first-order chi connectivity index (χ1) is 6.07. The molecule has 0 atom stereocenters. The van der Waals surface area contributed by atoms with E-state index in [2.05, 4.69) is 25.7 Å². The molecule has 0 aromatic heterocycles. The summed E-state index contributed by atoms with van der Waals surface area (Å²) in [5.41, 5.74) is 0.0805. The van der Waals surface area contributed by atoms with Gasteiger partial charge in [-0.3, -0.25) is 0 Å². The van der Waals surface area contributed by atoms with Gasteiger partial charge in [0.2, 0.25) is 0 Å². The van der Waals surface area contributed by atoms with E-state index in [9.17, 15) is 0 Å². The number of aliphatic hydroxyl groups is 1. The van der Waals surface area contributed by atoms with Gasteiger partial charge in [0.15, 0.2) is 0 Å². The second kappa shape index (κ2) is 4.43. The summed E-state index contributed by atoms with van der Waals surface area (Å²) in [7, 11) is 0. The standard InChI is InChI=1S/C11H23NO/c1-4-5-10-6-12(7-10)8-11(2,3)9-13/h10,13H,4-9H2,1-3H3. The molecule has 1 aliphatic heterocycles. The van der Waals surface area contributed by atoms with E-state index in [1.165, 1.54) is 25.9 Å². The quantitative estimate of drug-likeness (QED) is 0.705. The van der Waals surface area contributed by atoms with Crippen LogP contribution in [0, 0.1) is 11.3 Å². The van der Waals surface area contributed by atoms with Crippen molar-refractivity contribution in [1.82, 2.24) is 4.90 Å². The maximum absolute atomic E-state index is 9.11. The molecule has 0 saturated carbocycles. The maximum Gasteiger partial charge on any atom is 0.0494 e. The third-order valence-corrected chi connectivity index (χ3v) is 2.81. The summed E-state index contributed by atoms with van der Waals surface area (Å²) in [4.78, 5) is 2.45. The lowest BCUT2D eigenvalue weighted by Gasteiger charge is -2.43. The summed E-state index contributed by atoms with van der Waals surface area (Å²) in [6, 6.07) is 0. The molecule has 78 valence electrons. The topological polar surface area (TPSA) is 23.5 Å². The van der Waals surface area contributed by atoms with E-state index in [0.29, 0.717) is 6.61 Å². The van der Waals surface area contributed by atoms with Gasteiger partial charge in [0.25, 0.3) is 0 Å². The largest absolute Gasteiger partial charge is 0.396 e. The van der Waals surface area contributed by atoms with Crippen molar-refractivity contribution in [2.75, 3.05) is 26.2 Å². The van der Waals surface area contributed by atoms with Gasteiger partial charge in [-0.2, -0.15) is 0 Å². The predicted molar refractivity (Wildman–Crippen MR) is 55.7 cm³/mol. The second-order valence-electron chi connectivity index (χ2n) is 5.17. The van der Waals surface area contributed by atoms with Crippen LogP contribution >= 0.6 is 0 Å². The van der Waals surface area contributed by atoms with Gasteiger partial charge >= 0.3 is 0 Å². The van der Waals surface area contributed by atoms with E-state index < -0.39 is 0 Å². The second-order valence-corrected chi connectivity index (χ2v) is 5.17. The lowest BCUT2D eigenvalue weighted by molar-refractivity contribution is 0.0303. The van der Waals surface area contributed by atoms with Crippen LogP contribution in [0.15, 0.2) is 0 Å². The Labute approximate surface area is 81.9 Å². The van der Waals surface area contributed by atoms with Gasteiger partial charge < -0.3 is 10.0 Å². The van der Waals surface area contributed by atoms with Crippen molar-refractivity contribution in [3.8, 4) is 0 Å². The fourth-order valence-electron chi connectivity index (χ4n) is 2.05. The first kappa shape index (κ1) is 11.0. The van der Waals surface area contributed by atoms with Crippen molar-refractivity contribution in [2.45, 2.75) is 33.6 Å². The minimum absolute atomic E-state index is 0.0805. The lowest BCUT2D eigenvalue weighted by Crippen LogP contribution is -2.50. The van der Waals surface area contributed by atoms with Crippen LogP contribution in [0.1, 0.15) is 33.6 Å². The molecule has 0 aromatic carbocycles. The molecule has 0 unspecified atom stereocenters. The van der Waals surface area contributed by atoms with Gasteiger partial charge in [0.1, 0.15) is 0 Å². The minimum Gasteiger partial charge on any atom is -0.396 e. The Morgan fingerprint density at radius 2 is 2.00 bits per heavy atom. The Bertz CT molecular complexity index is 150. The number of likely N-dealkylation sites (tertiary alicyclic amines) is 1. The van der Waals surface area contributed by atoms with Crippen molar-refractivity contribution >= 4 is 0 Å². The Hall–Kier alpha value is -0.0800. The Morgan fingerprint density at radius 1 is 1.38 bits per heavy atom. The Balaban J connectivity index is 2.14. The van der Waals surface area contributed by atoms with Gasteiger partial charge in [-0.15, -0.1) is 0 Å². The van der Waals surface area contributed by atoms with Crippen LogP contribution < -0.4 is 0 Å². The maximum atomic E-state index is 9.11. The predicted octanol–water partition coefficient (Wildman–Crippen LogP) is 1.74. The Morgan fingerprint density at radius 3 is 2.46 bits per heavy atom. The molecule has 1 rings (SSSR count). The van der Waals surface area contributed by atoms with E-state index in [4.69, 9.17) is 5.11 Å². The number of aliphatic hydroxyl groups excluding tert-OH is 1. The lowest BCUT2D eigenvalue weighted by atomic mass is 9.88. The van der Waals surface area contributed by atoms with Gasteiger partial charge in [-0.05, 0) is 12.3 Å². The molecule has 0 aliphatic carbocycles. The third-order valence-electron chi connectivity index (χ3n) is 2.81. The average molecular weight is 185 g/mol. The highest BCUT2D eigenvalue weighted by Gasteiger charge is 2.30. The molecule has 1 aliphatic rings. The first-order valence-corrected chi connectivity index (χ1v) is 5.40. The zero-order valence-electron chi connectivity index (χ0n) is 9.21. The van der Waals surface area contributed by atoms with Crippen LogP contribution in [0.3, 0.4) is 0 Å². The number of hydrogen-bond donors (Lipinski definition) is 1. The highest BCUT2D eigenvalue weighted by molar-refractivity contribution is 4.83. The molecule has 1 fully saturated rings. The van der Waals surface area contributed by atoms with E-state index >= 15 is 0 Å². The summed E-state index contributed by atoms with van der Waals surface area (Å²) in [6.45, 7) is 10.3. The highest BCUT2D eigenvalue weighted by Crippen LogP contribution is 2.25. The fraction of sp³-hybridized carbons (Fsp3) is 1.00. The summed E-state index contributed by atoms with van der Waals surface area (Å²) in [6.07, 6.45) is 2.68. The van der Waals surface area contributed by atoms with Crippen LogP contribution in [0.4, 0.5) is 0 Å². The zero-order chi connectivity index (χ0) is 9.90. The fourth-order valence-corrected chi connectivity index (χ4v) is 2.05. The molecule has 0 aromatic rings. The molecule has 2 heteroatoms. The minimum atomic E-state index is 0.0805. The van der Waals surface area contributed by atoms with E-state index in [1.807, 2.05) is 0 Å². The van der Waals surface area contributed by atoms with Crippen molar-refractivity contribution in [1.29, 1.82) is 0 Å². The number of nitrogens with zero attached hydrogens (tertiary/aromatic N) is 1. The van der Waals surface area contributed by atoms with E-state index in [1.54, 1.807) is 0 Å². The summed E-state index contributed by atoms with van der Waals surface area (Å²) >= 11 is 0. The molecular weight excluding hydrogens is 162 g/mol. The van der Waals surface area contributed by atoms with Gasteiger partial charge in [-0.1, -0.05) is 27.2 Å². The van der Waals surface area contributed by atoms with Crippen molar-refractivity contribution in [3.05, 3.63) is 0 Å². The van der Waals surface area contributed by atoms with Crippen molar-refractivity contribution in [3.63, 3.8) is 0 Å². The van der Waals surface area contributed by atoms with Gasteiger partial charge in [-0.25, -0.2) is 0 Å². The molecule has 1 N–H and O–H groups in total. The molecule has 2 nitrogen and oxygen atoms in total. The summed E-state index contributed by atoms with van der Waals surface area (Å²) in [5, 5.41) is 9.11. The van der Waals surface area contributed by atoms with E-state index in [-0.39, 0.29) is 5.41 Å². The third kappa shape index (κ3) is 3.28. The first-order valence-electron chi connectivity index (χ1n) is 5.40. The molecule has 13 heavy (non-hydrogen) atoms. The normalized spacial score (nSPS) is 20.3. The number of hydrogen-bond acceptors (Lipinski definition) is 2. The average Bonchev–Trinajstić information content (AvgIpc) is 2.01. The molecule has 0 spiro atoms. The van der Waals surface area contributed by atoms with Gasteiger partial charge in [0.05, 0.1) is 0 Å². The zero-order valence-corrected chi connectivity index (χ0v) is 9.21. The SMILES string of the molecule is CCCC1CN(CC(C)(C)CO)C1. The molecular formula is C11H23NO. The molecule has 0 bridgehead atoms. The van der Waals surface area contributed by atoms with E-state index in [0.717, 1.165) is 12.5 Å². The highest BCUT2D eigenvalue weighted by atomic mass is 16.3. The molecule has 1 saturated heterocycles. The summed E-state index contributed by atoms with van der Waals surface area (Å²) in [5.74, 6) is 0.930. The van der Waals surface area contributed by atoms with Crippen LogP contribution in [0.2, 0.25) is 0 Å². The van der Waals surface area contributed by atoms with Crippen molar-refractivity contribution < 1.29 is 5.11 Å². The van der Waals surface area contributed by atoms with Gasteiger partial charge in [0, 0.05) is 31.7 Å². The molecule has 0 amide bonds. The van der Waals surface area contributed by atoms with Crippen molar-refractivity contribution in [2.24, 2.45) is 11.3 Å². The molecule has 1 heterocycles. The number of rotatable bonds is 5. The van der Waals surface area contributed by atoms with Crippen LogP contribution in [-0.2, 0) is 0 Å². The Kier molecular flexibility index (Phi) is 3.74.